The fraction of sp³-hybridized carbons (Fsp3) is 0.750. The predicted octanol–water partition coefficient (Wildman–Crippen LogP) is 1.22. The molecule has 1 aromatic heterocycles. The van der Waals surface area contributed by atoms with Crippen molar-refractivity contribution >= 4 is 10.0 Å². The van der Waals surface area contributed by atoms with Gasteiger partial charge in [-0.15, -0.1) is 0 Å². The van der Waals surface area contributed by atoms with Crippen LogP contribution in [0.5, 0.6) is 0 Å². The molecule has 0 saturated carbocycles. The Kier molecular flexibility index (Phi) is 5.51. The number of nitrogens with zero attached hydrogens (tertiary/aromatic N) is 1. The standard InChI is InChI=1S/C12H23N3O3S/c1-8(2)5-10(7-16)15-19(17,18)11-6-13-12(14-11)9(3)4/h6,8-10,15-16H,5,7H2,1-4H3,(H,13,14). The summed E-state index contributed by atoms with van der Waals surface area (Å²) in [7, 11) is -3.66. The topological polar surface area (TPSA) is 95.1 Å². The number of aromatic amines is 1. The van der Waals surface area contributed by atoms with Gasteiger partial charge in [0.25, 0.3) is 10.0 Å². The summed E-state index contributed by atoms with van der Waals surface area (Å²) in [6.07, 6.45) is 1.89. The van der Waals surface area contributed by atoms with E-state index in [0.717, 1.165) is 0 Å². The highest BCUT2D eigenvalue weighted by Crippen LogP contribution is 2.14. The number of nitrogens with one attached hydrogen (secondary N) is 2. The number of sulfonamides is 1. The maximum absolute atomic E-state index is 12.1. The van der Waals surface area contributed by atoms with Gasteiger partial charge >= 0.3 is 0 Å². The van der Waals surface area contributed by atoms with Crippen LogP contribution in [0.1, 0.15) is 45.9 Å². The molecule has 0 saturated heterocycles. The molecule has 0 aliphatic rings. The predicted molar refractivity (Wildman–Crippen MR) is 73.3 cm³/mol. The first kappa shape index (κ1) is 16.1. The Morgan fingerprint density at radius 2 is 2.00 bits per heavy atom. The van der Waals surface area contributed by atoms with E-state index in [-0.39, 0.29) is 17.6 Å². The lowest BCUT2D eigenvalue weighted by atomic mass is 10.1. The third-order valence-corrected chi connectivity index (χ3v) is 4.14. The molecule has 1 heterocycles. The van der Waals surface area contributed by atoms with Crippen LogP contribution in [0.2, 0.25) is 0 Å². The summed E-state index contributed by atoms with van der Waals surface area (Å²) in [5, 5.41) is 9.27. The van der Waals surface area contributed by atoms with Crippen LogP contribution in [-0.2, 0) is 10.0 Å². The SMILES string of the molecule is CC(C)CC(CO)NS(=O)(=O)c1cnc(C(C)C)[nH]1. The molecule has 0 fully saturated rings. The molecule has 0 aliphatic heterocycles. The van der Waals surface area contributed by atoms with Crippen molar-refractivity contribution in [1.82, 2.24) is 14.7 Å². The van der Waals surface area contributed by atoms with Gasteiger partial charge in [-0.3, -0.25) is 0 Å². The third kappa shape index (κ3) is 4.59. The van der Waals surface area contributed by atoms with Crippen molar-refractivity contribution in [2.75, 3.05) is 6.61 Å². The number of aliphatic hydroxyl groups is 1. The number of aromatic nitrogens is 2. The second kappa shape index (κ2) is 6.49. The normalized spacial score (nSPS) is 14.3. The molecular weight excluding hydrogens is 266 g/mol. The first-order valence-electron chi connectivity index (χ1n) is 6.44. The molecule has 0 radical (unpaired) electrons. The van der Waals surface area contributed by atoms with E-state index in [1.165, 1.54) is 6.20 Å². The molecule has 1 atom stereocenters. The summed E-state index contributed by atoms with van der Waals surface area (Å²) in [6, 6.07) is -0.476. The molecule has 7 heteroatoms. The zero-order chi connectivity index (χ0) is 14.6. The zero-order valence-corrected chi connectivity index (χ0v) is 12.7. The van der Waals surface area contributed by atoms with Crippen molar-refractivity contribution < 1.29 is 13.5 Å². The average Bonchev–Trinajstić information content (AvgIpc) is 2.77. The summed E-state index contributed by atoms with van der Waals surface area (Å²) in [5.74, 6) is 1.06. The van der Waals surface area contributed by atoms with E-state index < -0.39 is 16.1 Å². The highest BCUT2D eigenvalue weighted by molar-refractivity contribution is 7.89. The summed E-state index contributed by atoms with van der Waals surface area (Å²) in [4.78, 5) is 6.83. The van der Waals surface area contributed by atoms with E-state index in [9.17, 15) is 13.5 Å². The lowest BCUT2D eigenvalue weighted by Gasteiger charge is -2.17. The van der Waals surface area contributed by atoms with E-state index >= 15 is 0 Å². The van der Waals surface area contributed by atoms with Gasteiger partial charge in [0.15, 0.2) is 5.03 Å². The van der Waals surface area contributed by atoms with E-state index in [1.54, 1.807) is 0 Å². The van der Waals surface area contributed by atoms with Crippen LogP contribution in [0.4, 0.5) is 0 Å². The van der Waals surface area contributed by atoms with Gasteiger partial charge in [0.2, 0.25) is 0 Å². The number of H-pyrrole nitrogens is 1. The lowest BCUT2D eigenvalue weighted by Crippen LogP contribution is -2.38. The van der Waals surface area contributed by atoms with Gasteiger partial charge in [0.05, 0.1) is 12.8 Å². The van der Waals surface area contributed by atoms with E-state index in [1.807, 2.05) is 27.7 Å². The number of hydrogen-bond acceptors (Lipinski definition) is 4. The van der Waals surface area contributed by atoms with Gasteiger partial charge in [-0.05, 0) is 12.3 Å². The number of rotatable bonds is 7. The molecule has 0 amide bonds. The fourth-order valence-electron chi connectivity index (χ4n) is 1.76. The summed E-state index contributed by atoms with van der Waals surface area (Å²) >= 11 is 0. The summed E-state index contributed by atoms with van der Waals surface area (Å²) < 4.78 is 26.7. The van der Waals surface area contributed by atoms with Gasteiger partial charge < -0.3 is 10.1 Å². The molecule has 0 bridgehead atoms. The zero-order valence-electron chi connectivity index (χ0n) is 11.8. The highest BCUT2D eigenvalue weighted by atomic mass is 32.2. The molecule has 1 unspecified atom stereocenters. The van der Waals surface area contributed by atoms with Crippen LogP contribution in [0.3, 0.4) is 0 Å². The van der Waals surface area contributed by atoms with Gasteiger partial charge in [0, 0.05) is 12.0 Å². The van der Waals surface area contributed by atoms with Gasteiger partial charge in [-0.25, -0.2) is 18.1 Å². The van der Waals surface area contributed by atoms with Crippen molar-refractivity contribution in [1.29, 1.82) is 0 Å². The molecule has 0 aromatic carbocycles. The first-order chi connectivity index (χ1) is 8.76. The number of imidazole rings is 1. The Bertz CT molecular complexity index is 494. The van der Waals surface area contributed by atoms with Crippen LogP contribution in [-0.4, -0.2) is 36.1 Å². The summed E-state index contributed by atoms with van der Waals surface area (Å²) in [6.45, 7) is 7.59. The van der Waals surface area contributed by atoms with Crippen LogP contribution in [0.15, 0.2) is 11.2 Å². The molecular formula is C12H23N3O3S. The Morgan fingerprint density at radius 1 is 1.37 bits per heavy atom. The Hall–Kier alpha value is -0.920. The van der Waals surface area contributed by atoms with Crippen LogP contribution in [0, 0.1) is 5.92 Å². The van der Waals surface area contributed by atoms with Gasteiger partial charge in [-0.1, -0.05) is 27.7 Å². The minimum atomic E-state index is -3.66. The third-order valence-electron chi connectivity index (χ3n) is 2.71. The molecule has 3 N–H and O–H groups in total. The van der Waals surface area contributed by atoms with Gasteiger partial charge in [0.1, 0.15) is 5.82 Å². The van der Waals surface area contributed by atoms with E-state index in [4.69, 9.17) is 0 Å². The van der Waals surface area contributed by atoms with Crippen molar-refractivity contribution in [3.63, 3.8) is 0 Å². The molecule has 1 rings (SSSR count). The molecule has 0 aliphatic carbocycles. The summed E-state index contributed by atoms with van der Waals surface area (Å²) in [5.41, 5.74) is 0. The smallest absolute Gasteiger partial charge is 0.257 e. The minimum absolute atomic E-state index is 0.0402. The highest BCUT2D eigenvalue weighted by Gasteiger charge is 2.22. The second-order valence-electron chi connectivity index (χ2n) is 5.42. The molecule has 6 nitrogen and oxygen atoms in total. The molecule has 1 aromatic rings. The van der Waals surface area contributed by atoms with Gasteiger partial charge in [-0.2, -0.15) is 0 Å². The monoisotopic (exact) mass is 289 g/mol. The first-order valence-corrected chi connectivity index (χ1v) is 7.92. The van der Waals surface area contributed by atoms with Crippen LogP contribution in [0.25, 0.3) is 0 Å². The van der Waals surface area contributed by atoms with Crippen molar-refractivity contribution in [3.8, 4) is 0 Å². The number of hydrogen-bond donors (Lipinski definition) is 3. The maximum Gasteiger partial charge on any atom is 0.257 e. The van der Waals surface area contributed by atoms with Crippen molar-refractivity contribution in [3.05, 3.63) is 12.0 Å². The molecule has 19 heavy (non-hydrogen) atoms. The Balaban J connectivity index is 2.84. The minimum Gasteiger partial charge on any atom is -0.395 e. The quantitative estimate of drug-likeness (QED) is 0.703. The van der Waals surface area contributed by atoms with E-state index in [0.29, 0.717) is 18.2 Å². The van der Waals surface area contributed by atoms with E-state index in [2.05, 4.69) is 14.7 Å². The van der Waals surface area contributed by atoms with Crippen LogP contribution < -0.4 is 4.72 Å². The number of aliphatic hydroxyl groups excluding tert-OH is 1. The molecule has 0 spiro atoms. The Labute approximate surface area is 114 Å². The molecule has 110 valence electrons. The fourth-order valence-corrected chi connectivity index (χ4v) is 2.93. The average molecular weight is 289 g/mol. The largest absolute Gasteiger partial charge is 0.395 e. The van der Waals surface area contributed by atoms with Crippen LogP contribution >= 0.6 is 0 Å². The lowest BCUT2D eigenvalue weighted by molar-refractivity contribution is 0.240. The maximum atomic E-state index is 12.1. The van der Waals surface area contributed by atoms with Crippen molar-refractivity contribution in [2.45, 2.75) is 51.1 Å². The second-order valence-corrected chi connectivity index (χ2v) is 7.10. The van der Waals surface area contributed by atoms with Crippen molar-refractivity contribution in [2.24, 2.45) is 5.92 Å². The Morgan fingerprint density at radius 3 is 2.42 bits per heavy atom.